The zero-order valence-corrected chi connectivity index (χ0v) is 46.6. The lowest BCUT2D eigenvalue weighted by Gasteiger charge is -2.27. The van der Waals surface area contributed by atoms with Crippen LogP contribution in [0.4, 0.5) is 0 Å². The Balaban J connectivity index is 3.58. The SMILES string of the molecule is CCCCCCCCCCC/C=C\C/C=C\CCCCCCCCC(O)C(=O)NC(CO)C(O)C(O)CCCCCCCCCCCCCCCCCCCCCCCCCCCCCCCCC. The molecule has 0 saturated carbocycles. The number of nitrogens with one attached hydrogen (secondary N) is 1. The van der Waals surface area contributed by atoms with E-state index in [-0.39, 0.29) is 0 Å². The minimum absolute atomic E-state index is 0.359. The molecule has 410 valence electrons. The Morgan fingerprint density at radius 1 is 0.362 bits per heavy atom. The van der Waals surface area contributed by atoms with Gasteiger partial charge in [-0.2, -0.15) is 0 Å². The standard InChI is InChI=1S/C63H123NO5/c1-3-5-7-9-11-13-15-17-19-21-23-25-27-28-29-30-31-32-33-34-35-37-38-40-42-44-46-48-50-52-54-56-60(66)62(68)59(58-65)64-63(69)61(67)57-55-53-51-49-47-45-43-41-39-36-26-24-22-20-18-16-14-12-10-8-6-4-2/h24,26,39,41,59-62,65-68H,3-23,25,27-38,40,42-58H2,1-2H3,(H,64,69)/b26-24-,41-39-. The molecular formula is C63H123NO5. The minimum Gasteiger partial charge on any atom is -0.394 e. The molecule has 0 radical (unpaired) electrons. The van der Waals surface area contributed by atoms with Gasteiger partial charge in [-0.05, 0) is 44.9 Å². The van der Waals surface area contributed by atoms with E-state index in [4.69, 9.17) is 0 Å². The van der Waals surface area contributed by atoms with Crippen molar-refractivity contribution in [1.29, 1.82) is 0 Å². The van der Waals surface area contributed by atoms with Crippen molar-refractivity contribution in [3.8, 4) is 0 Å². The molecule has 0 heterocycles. The van der Waals surface area contributed by atoms with E-state index >= 15 is 0 Å². The van der Waals surface area contributed by atoms with E-state index < -0.39 is 36.9 Å². The van der Waals surface area contributed by atoms with Crippen molar-refractivity contribution in [2.24, 2.45) is 0 Å². The van der Waals surface area contributed by atoms with Gasteiger partial charge in [-0.3, -0.25) is 4.79 Å². The van der Waals surface area contributed by atoms with Crippen molar-refractivity contribution in [3.05, 3.63) is 24.3 Å². The zero-order chi connectivity index (χ0) is 50.2. The highest BCUT2D eigenvalue weighted by atomic mass is 16.3. The van der Waals surface area contributed by atoms with E-state index in [0.717, 1.165) is 57.8 Å². The summed E-state index contributed by atoms with van der Waals surface area (Å²) >= 11 is 0. The van der Waals surface area contributed by atoms with Gasteiger partial charge in [0.25, 0.3) is 0 Å². The smallest absolute Gasteiger partial charge is 0.249 e. The summed E-state index contributed by atoms with van der Waals surface area (Å²) in [6.45, 7) is 4.09. The second-order valence-corrected chi connectivity index (χ2v) is 21.8. The van der Waals surface area contributed by atoms with Crippen LogP contribution in [0.2, 0.25) is 0 Å². The lowest BCUT2D eigenvalue weighted by atomic mass is 9.99. The molecular weight excluding hydrogens is 851 g/mol. The molecule has 5 N–H and O–H groups in total. The van der Waals surface area contributed by atoms with E-state index in [0.29, 0.717) is 12.8 Å². The molecule has 6 nitrogen and oxygen atoms in total. The fraction of sp³-hybridized carbons (Fsp3) is 0.921. The highest BCUT2D eigenvalue weighted by molar-refractivity contribution is 5.80. The molecule has 0 rings (SSSR count). The van der Waals surface area contributed by atoms with Gasteiger partial charge in [-0.25, -0.2) is 0 Å². The van der Waals surface area contributed by atoms with Gasteiger partial charge in [0.2, 0.25) is 5.91 Å². The number of rotatable bonds is 58. The Bertz CT molecular complexity index is 1050. The van der Waals surface area contributed by atoms with Crippen LogP contribution in [0.3, 0.4) is 0 Å². The predicted molar refractivity (Wildman–Crippen MR) is 302 cm³/mol. The van der Waals surface area contributed by atoms with Crippen molar-refractivity contribution in [2.75, 3.05) is 6.61 Å². The highest BCUT2D eigenvalue weighted by Crippen LogP contribution is 2.19. The van der Waals surface area contributed by atoms with Gasteiger partial charge in [-0.15, -0.1) is 0 Å². The number of unbranched alkanes of at least 4 members (excludes halogenated alkanes) is 45. The van der Waals surface area contributed by atoms with Crippen molar-refractivity contribution in [3.63, 3.8) is 0 Å². The minimum atomic E-state index is -1.26. The molecule has 0 aliphatic heterocycles. The Labute approximate surface area is 431 Å². The Morgan fingerprint density at radius 3 is 0.913 bits per heavy atom. The molecule has 0 aliphatic rings. The normalized spacial score (nSPS) is 13.8. The van der Waals surface area contributed by atoms with Gasteiger partial charge in [0.1, 0.15) is 12.2 Å². The molecule has 0 aromatic heterocycles. The first-order valence-electron chi connectivity index (χ1n) is 31.2. The second kappa shape index (κ2) is 57.7. The van der Waals surface area contributed by atoms with E-state index in [1.165, 1.54) is 257 Å². The van der Waals surface area contributed by atoms with Crippen LogP contribution in [0.15, 0.2) is 24.3 Å². The van der Waals surface area contributed by atoms with E-state index in [9.17, 15) is 25.2 Å². The molecule has 0 spiro atoms. The number of amides is 1. The molecule has 4 atom stereocenters. The quantitative estimate of drug-likeness (QED) is 0.0308. The zero-order valence-electron chi connectivity index (χ0n) is 46.6. The summed E-state index contributed by atoms with van der Waals surface area (Å²) in [5, 5.41) is 44.1. The van der Waals surface area contributed by atoms with Crippen LogP contribution in [0.1, 0.15) is 341 Å². The maximum atomic E-state index is 12.6. The van der Waals surface area contributed by atoms with E-state index in [1.54, 1.807) is 0 Å². The summed E-state index contributed by atoms with van der Waals surface area (Å²) in [6, 6.07) is -0.991. The summed E-state index contributed by atoms with van der Waals surface area (Å²) in [4.78, 5) is 12.6. The summed E-state index contributed by atoms with van der Waals surface area (Å²) in [5.41, 5.74) is 0. The molecule has 0 bridgehead atoms. The van der Waals surface area contributed by atoms with Crippen LogP contribution in [-0.2, 0) is 4.79 Å². The van der Waals surface area contributed by atoms with Crippen LogP contribution in [0, 0.1) is 0 Å². The van der Waals surface area contributed by atoms with Crippen LogP contribution in [0.25, 0.3) is 0 Å². The molecule has 0 aromatic rings. The maximum Gasteiger partial charge on any atom is 0.249 e. The number of carbonyl (C=O) groups excluding carboxylic acids is 1. The summed E-state index contributed by atoms with van der Waals surface area (Å²) in [5.74, 6) is -0.587. The lowest BCUT2D eigenvalue weighted by molar-refractivity contribution is -0.132. The molecule has 4 unspecified atom stereocenters. The molecule has 0 fully saturated rings. The first-order chi connectivity index (χ1) is 34.0. The molecule has 6 heteroatoms. The number of aliphatic hydroxyl groups excluding tert-OH is 4. The third-order valence-corrected chi connectivity index (χ3v) is 14.9. The van der Waals surface area contributed by atoms with E-state index in [2.05, 4.69) is 43.5 Å². The van der Waals surface area contributed by atoms with Gasteiger partial charge in [0, 0.05) is 0 Å². The first-order valence-corrected chi connectivity index (χ1v) is 31.2. The van der Waals surface area contributed by atoms with Crippen LogP contribution < -0.4 is 5.32 Å². The van der Waals surface area contributed by atoms with Gasteiger partial charge in [0.05, 0.1) is 18.8 Å². The fourth-order valence-electron chi connectivity index (χ4n) is 10.0. The van der Waals surface area contributed by atoms with Crippen molar-refractivity contribution >= 4 is 5.91 Å². The average molecular weight is 975 g/mol. The van der Waals surface area contributed by atoms with Crippen LogP contribution >= 0.6 is 0 Å². The molecule has 69 heavy (non-hydrogen) atoms. The van der Waals surface area contributed by atoms with Crippen LogP contribution in [0.5, 0.6) is 0 Å². The number of hydrogen-bond acceptors (Lipinski definition) is 5. The topological polar surface area (TPSA) is 110 Å². The summed E-state index contributed by atoms with van der Waals surface area (Å²) in [7, 11) is 0. The third-order valence-electron chi connectivity index (χ3n) is 14.9. The van der Waals surface area contributed by atoms with Crippen molar-refractivity contribution < 1.29 is 25.2 Å². The van der Waals surface area contributed by atoms with Gasteiger partial charge >= 0.3 is 0 Å². The van der Waals surface area contributed by atoms with Crippen molar-refractivity contribution in [2.45, 2.75) is 366 Å². The maximum absolute atomic E-state index is 12.6. The Hall–Kier alpha value is -1.21. The lowest BCUT2D eigenvalue weighted by Crippen LogP contribution is -2.53. The van der Waals surface area contributed by atoms with Crippen LogP contribution in [-0.4, -0.2) is 57.3 Å². The predicted octanol–water partition coefficient (Wildman–Crippen LogP) is 18.6. The number of aliphatic hydroxyl groups is 4. The van der Waals surface area contributed by atoms with E-state index in [1.807, 2.05) is 0 Å². The monoisotopic (exact) mass is 974 g/mol. The number of allylic oxidation sites excluding steroid dienone is 4. The summed E-state index contributed by atoms with van der Waals surface area (Å²) in [6.07, 6.45) is 71.3. The van der Waals surface area contributed by atoms with Crippen molar-refractivity contribution in [1.82, 2.24) is 5.32 Å². The highest BCUT2D eigenvalue weighted by Gasteiger charge is 2.28. The summed E-state index contributed by atoms with van der Waals surface area (Å²) < 4.78 is 0. The second-order valence-electron chi connectivity index (χ2n) is 21.8. The fourth-order valence-corrected chi connectivity index (χ4v) is 10.0. The Kier molecular flexibility index (Phi) is 56.7. The molecule has 0 saturated heterocycles. The largest absolute Gasteiger partial charge is 0.394 e. The number of hydrogen-bond donors (Lipinski definition) is 5. The Morgan fingerprint density at radius 2 is 0.623 bits per heavy atom. The molecule has 0 aromatic carbocycles. The molecule has 0 aliphatic carbocycles. The van der Waals surface area contributed by atoms with Gasteiger partial charge in [0.15, 0.2) is 0 Å². The average Bonchev–Trinajstić information content (AvgIpc) is 3.35. The number of carbonyl (C=O) groups is 1. The van der Waals surface area contributed by atoms with Gasteiger partial charge in [-0.1, -0.05) is 321 Å². The molecule has 1 amide bonds. The third kappa shape index (κ3) is 51.5. The first kappa shape index (κ1) is 67.8. The van der Waals surface area contributed by atoms with Gasteiger partial charge < -0.3 is 25.7 Å².